The third-order valence-corrected chi connectivity index (χ3v) is 5.44. The van der Waals surface area contributed by atoms with E-state index in [4.69, 9.17) is 21.1 Å². The van der Waals surface area contributed by atoms with Crippen LogP contribution in [0.1, 0.15) is 22.0 Å². The Kier molecular flexibility index (Phi) is 7.13. The van der Waals surface area contributed by atoms with Gasteiger partial charge < -0.3 is 14.8 Å². The number of ether oxygens (including phenoxy) is 2. The van der Waals surface area contributed by atoms with E-state index in [0.717, 1.165) is 28.9 Å². The van der Waals surface area contributed by atoms with Gasteiger partial charge in [-0.15, -0.1) is 0 Å². The second kappa shape index (κ2) is 9.55. The summed E-state index contributed by atoms with van der Waals surface area (Å²) in [5.41, 5.74) is 1.58. The lowest BCUT2D eigenvalue weighted by Crippen LogP contribution is -2.43. The molecule has 1 atom stereocenters. The van der Waals surface area contributed by atoms with Crippen LogP contribution < -0.4 is 10.1 Å². The quantitative estimate of drug-likeness (QED) is 0.720. The van der Waals surface area contributed by atoms with Gasteiger partial charge in [-0.25, -0.2) is 0 Å². The summed E-state index contributed by atoms with van der Waals surface area (Å²) >= 11 is 9.57. The molecule has 144 valence electrons. The van der Waals surface area contributed by atoms with E-state index in [1.807, 2.05) is 30.3 Å². The number of hydrogen-bond acceptors (Lipinski definition) is 4. The zero-order chi connectivity index (χ0) is 19.2. The van der Waals surface area contributed by atoms with E-state index in [2.05, 4.69) is 26.1 Å². The lowest BCUT2D eigenvalue weighted by atomic mass is 10.0. The minimum atomic E-state index is -0.187. The standard InChI is InChI=1S/C20H22BrClN2O3/c1-26-16-5-2-14(3-6-16)19(24-8-10-27-11-9-24)13-23-20(25)17-12-15(21)4-7-18(17)22/h2-7,12,19H,8-11,13H2,1H3,(H,23,25)/t19-/m0/s1. The normalized spacial score (nSPS) is 16.0. The van der Waals surface area contributed by atoms with E-state index < -0.39 is 0 Å². The van der Waals surface area contributed by atoms with Crippen molar-refractivity contribution in [3.05, 3.63) is 63.1 Å². The molecule has 0 bridgehead atoms. The molecule has 2 aromatic rings. The van der Waals surface area contributed by atoms with E-state index in [9.17, 15) is 4.79 Å². The molecule has 1 N–H and O–H groups in total. The predicted molar refractivity (Wildman–Crippen MR) is 110 cm³/mol. The van der Waals surface area contributed by atoms with Crippen molar-refractivity contribution < 1.29 is 14.3 Å². The van der Waals surface area contributed by atoms with Crippen LogP contribution in [0.3, 0.4) is 0 Å². The number of hydrogen-bond donors (Lipinski definition) is 1. The fourth-order valence-electron chi connectivity index (χ4n) is 3.13. The van der Waals surface area contributed by atoms with Gasteiger partial charge in [-0.05, 0) is 35.9 Å². The van der Waals surface area contributed by atoms with Gasteiger partial charge in [0.15, 0.2) is 0 Å². The predicted octanol–water partition coefficient (Wildman–Crippen LogP) is 3.91. The zero-order valence-electron chi connectivity index (χ0n) is 15.1. The Bertz CT molecular complexity index is 779. The maximum atomic E-state index is 12.7. The fourth-order valence-corrected chi connectivity index (χ4v) is 3.69. The molecule has 0 aliphatic carbocycles. The number of carbonyl (C=O) groups is 1. The molecule has 1 aliphatic heterocycles. The van der Waals surface area contributed by atoms with Gasteiger partial charge in [0.1, 0.15) is 5.75 Å². The number of nitrogens with zero attached hydrogens (tertiary/aromatic N) is 1. The number of morpholine rings is 1. The molecule has 5 nitrogen and oxygen atoms in total. The molecule has 1 aliphatic rings. The molecule has 7 heteroatoms. The highest BCUT2D eigenvalue weighted by Gasteiger charge is 2.24. The summed E-state index contributed by atoms with van der Waals surface area (Å²) in [6.45, 7) is 3.51. The number of benzene rings is 2. The van der Waals surface area contributed by atoms with E-state index in [-0.39, 0.29) is 11.9 Å². The van der Waals surface area contributed by atoms with Crippen molar-refractivity contribution in [1.29, 1.82) is 0 Å². The van der Waals surface area contributed by atoms with Crippen LogP contribution >= 0.6 is 27.5 Å². The van der Waals surface area contributed by atoms with Gasteiger partial charge in [-0.3, -0.25) is 9.69 Å². The fraction of sp³-hybridized carbons (Fsp3) is 0.350. The molecule has 3 rings (SSSR count). The number of rotatable bonds is 6. The van der Waals surface area contributed by atoms with Crippen molar-refractivity contribution in [3.63, 3.8) is 0 Å². The number of halogens is 2. The Morgan fingerprint density at radius 2 is 1.96 bits per heavy atom. The van der Waals surface area contributed by atoms with Gasteiger partial charge >= 0.3 is 0 Å². The van der Waals surface area contributed by atoms with Crippen LogP contribution in [0.5, 0.6) is 5.75 Å². The molecule has 1 saturated heterocycles. The van der Waals surface area contributed by atoms with Crippen molar-refractivity contribution >= 4 is 33.4 Å². The Morgan fingerprint density at radius 1 is 1.26 bits per heavy atom. The number of amides is 1. The molecule has 1 amide bonds. The van der Waals surface area contributed by atoms with Crippen molar-refractivity contribution in [3.8, 4) is 5.75 Å². The van der Waals surface area contributed by atoms with Crippen LogP contribution in [0.15, 0.2) is 46.9 Å². The maximum Gasteiger partial charge on any atom is 0.252 e. The van der Waals surface area contributed by atoms with Gasteiger partial charge in [0.25, 0.3) is 5.91 Å². The van der Waals surface area contributed by atoms with Crippen molar-refractivity contribution in [2.45, 2.75) is 6.04 Å². The molecule has 0 radical (unpaired) electrons. The third kappa shape index (κ3) is 5.23. The van der Waals surface area contributed by atoms with Gasteiger partial charge in [0.05, 0.1) is 37.0 Å². The summed E-state index contributed by atoms with van der Waals surface area (Å²) in [6.07, 6.45) is 0. The first-order chi connectivity index (χ1) is 13.1. The summed E-state index contributed by atoms with van der Waals surface area (Å²) in [5.74, 6) is 0.623. The molecule has 1 fully saturated rings. The molecule has 0 saturated carbocycles. The third-order valence-electron chi connectivity index (χ3n) is 4.62. The number of nitrogens with one attached hydrogen (secondary N) is 1. The van der Waals surface area contributed by atoms with Crippen LogP contribution in [0.25, 0.3) is 0 Å². The largest absolute Gasteiger partial charge is 0.497 e. The SMILES string of the molecule is COc1ccc([C@H](CNC(=O)c2cc(Br)ccc2Cl)N2CCOCC2)cc1. The highest BCUT2D eigenvalue weighted by molar-refractivity contribution is 9.10. The van der Waals surface area contributed by atoms with Crippen molar-refractivity contribution in [1.82, 2.24) is 10.2 Å². The first-order valence-corrected chi connectivity index (χ1v) is 9.94. The van der Waals surface area contributed by atoms with Crippen LogP contribution in [-0.4, -0.2) is 50.8 Å². The van der Waals surface area contributed by atoms with E-state index in [1.54, 1.807) is 19.2 Å². The van der Waals surface area contributed by atoms with Gasteiger partial charge in [-0.1, -0.05) is 39.7 Å². The van der Waals surface area contributed by atoms with Gasteiger partial charge in [0, 0.05) is 24.1 Å². The molecule has 2 aromatic carbocycles. The first kappa shape index (κ1) is 20.1. The summed E-state index contributed by atoms with van der Waals surface area (Å²) in [7, 11) is 1.65. The van der Waals surface area contributed by atoms with E-state index >= 15 is 0 Å². The highest BCUT2D eigenvalue weighted by Crippen LogP contribution is 2.25. The monoisotopic (exact) mass is 452 g/mol. The Hall–Kier alpha value is -1.60. The van der Waals surface area contributed by atoms with E-state index in [1.165, 1.54) is 0 Å². The summed E-state index contributed by atoms with van der Waals surface area (Å²) < 4.78 is 11.5. The summed E-state index contributed by atoms with van der Waals surface area (Å²) in [6, 6.07) is 13.3. The first-order valence-electron chi connectivity index (χ1n) is 8.77. The second-order valence-corrected chi connectivity index (χ2v) is 7.59. The Morgan fingerprint density at radius 3 is 2.63 bits per heavy atom. The average molecular weight is 454 g/mol. The number of carbonyl (C=O) groups excluding carboxylic acids is 1. The van der Waals surface area contributed by atoms with Crippen LogP contribution in [0, 0.1) is 0 Å². The van der Waals surface area contributed by atoms with Gasteiger partial charge in [0.2, 0.25) is 0 Å². The minimum absolute atomic E-state index is 0.0506. The zero-order valence-corrected chi connectivity index (χ0v) is 17.4. The lowest BCUT2D eigenvalue weighted by Gasteiger charge is -2.35. The smallest absolute Gasteiger partial charge is 0.252 e. The molecule has 0 unspecified atom stereocenters. The maximum absolute atomic E-state index is 12.7. The van der Waals surface area contributed by atoms with Crippen LogP contribution in [0.2, 0.25) is 5.02 Å². The summed E-state index contributed by atoms with van der Waals surface area (Å²) in [4.78, 5) is 15.0. The molecule has 27 heavy (non-hydrogen) atoms. The van der Waals surface area contributed by atoms with Crippen LogP contribution in [0.4, 0.5) is 0 Å². The molecule has 1 heterocycles. The van der Waals surface area contributed by atoms with Gasteiger partial charge in [-0.2, -0.15) is 0 Å². The second-order valence-electron chi connectivity index (χ2n) is 6.27. The Labute approximate surface area is 172 Å². The number of methoxy groups -OCH3 is 1. The van der Waals surface area contributed by atoms with Crippen molar-refractivity contribution in [2.24, 2.45) is 0 Å². The topological polar surface area (TPSA) is 50.8 Å². The van der Waals surface area contributed by atoms with Crippen LogP contribution in [-0.2, 0) is 4.74 Å². The molecule has 0 aromatic heterocycles. The molecular formula is C20H22BrClN2O3. The Balaban J connectivity index is 1.76. The highest BCUT2D eigenvalue weighted by atomic mass is 79.9. The average Bonchev–Trinajstić information content (AvgIpc) is 2.71. The van der Waals surface area contributed by atoms with E-state index in [0.29, 0.717) is 30.3 Å². The molecule has 0 spiro atoms. The minimum Gasteiger partial charge on any atom is -0.497 e. The summed E-state index contributed by atoms with van der Waals surface area (Å²) in [5, 5.41) is 3.47. The molecular weight excluding hydrogens is 432 g/mol. The lowest BCUT2D eigenvalue weighted by molar-refractivity contribution is 0.0162. The van der Waals surface area contributed by atoms with Crippen molar-refractivity contribution in [2.75, 3.05) is 40.0 Å².